The molecule has 3 nitrogen and oxygen atoms in total. The summed E-state index contributed by atoms with van der Waals surface area (Å²) in [5, 5.41) is 0. The highest BCUT2D eigenvalue weighted by Crippen LogP contribution is 2.37. The van der Waals surface area contributed by atoms with Crippen LogP contribution in [0.1, 0.15) is 0 Å². The van der Waals surface area contributed by atoms with E-state index in [2.05, 4.69) is 4.98 Å². The molecule has 0 saturated heterocycles. The van der Waals surface area contributed by atoms with Gasteiger partial charge in [0.25, 0.3) is 0 Å². The van der Waals surface area contributed by atoms with Gasteiger partial charge in [0.15, 0.2) is 5.76 Å². The predicted octanol–water partition coefficient (Wildman–Crippen LogP) is 5.40. The number of nitrogens with zero attached hydrogens (tertiary/aromatic N) is 1. The highest BCUT2D eigenvalue weighted by Gasteiger charge is 2.16. The number of pyridine rings is 1. The Balaban J connectivity index is 1.98. The third kappa shape index (κ3) is 2.90. The molecule has 25 heavy (non-hydrogen) atoms. The second-order valence-corrected chi connectivity index (χ2v) is 5.67. The van der Waals surface area contributed by atoms with Crippen LogP contribution < -0.4 is 5.73 Å². The summed E-state index contributed by atoms with van der Waals surface area (Å²) in [4.78, 5) is 4.68. The van der Waals surface area contributed by atoms with E-state index in [1.807, 2.05) is 48.5 Å². The zero-order chi connectivity index (χ0) is 17.2. The predicted molar refractivity (Wildman–Crippen MR) is 97.2 cm³/mol. The van der Waals surface area contributed by atoms with E-state index in [0.717, 1.165) is 16.8 Å². The molecule has 0 radical (unpaired) electrons. The topological polar surface area (TPSA) is 52.0 Å². The maximum Gasteiger partial charge on any atom is 0.154 e. The highest BCUT2D eigenvalue weighted by molar-refractivity contribution is 5.88. The molecule has 0 atom stereocenters. The van der Waals surface area contributed by atoms with E-state index in [1.165, 1.54) is 12.1 Å². The normalized spacial score (nSPS) is 10.8. The van der Waals surface area contributed by atoms with E-state index in [-0.39, 0.29) is 5.82 Å². The molecule has 0 aliphatic heterocycles. The van der Waals surface area contributed by atoms with Gasteiger partial charge in [0, 0.05) is 11.1 Å². The molecule has 2 aromatic carbocycles. The van der Waals surface area contributed by atoms with Gasteiger partial charge in [-0.05, 0) is 35.9 Å². The summed E-state index contributed by atoms with van der Waals surface area (Å²) in [5.74, 6) is 0.266. The average molecular weight is 330 g/mol. The smallest absolute Gasteiger partial charge is 0.154 e. The van der Waals surface area contributed by atoms with E-state index in [9.17, 15) is 4.39 Å². The van der Waals surface area contributed by atoms with Crippen molar-refractivity contribution in [3.05, 3.63) is 84.9 Å². The Morgan fingerprint density at radius 3 is 2.36 bits per heavy atom. The first-order chi connectivity index (χ1) is 12.2. The minimum atomic E-state index is -0.311. The Morgan fingerprint density at radius 1 is 0.840 bits per heavy atom. The monoisotopic (exact) mass is 330 g/mol. The SMILES string of the molecule is Nc1c(-c2cccc(F)c2)cc(-c2ccccc2)nc1-c1ccco1. The van der Waals surface area contributed by atoms with Crippen LogP contribution in [0.15, 0.2) is 83.5 Å². The lowest BCUT2D eigenvalue weighted by Crippen LogP contribution is -1.99. The molecule has 0 saturated carbocycles. The Hall–Kier alpha value is -3.40. The van der Waals surface area contributed by atoms with Gasteiger partial charge in [-0.3, -0.25) is 0 Å². The minimum absolute atomic E-state index is 0.311. The lowest BCUT2D eigenvalue weighted by atomic mass is 9.99. The molecular formula is C21H15FN2O. The van der Waals surface area contributed by atoms with Crippen LogP contribution in [-0.4, -0.2) is 4.98 Å². The number of halogens is 1. The summed E-state index contributed by atoms with van der Waals surface area (Å²) in [6.45, 7) is 0. The molecule has 0 unspecified atom stereocenters. The summed E-state index contributed by atoms with van der Waals surface area (Å²) in [6.07, 6.45) is 1.58. The molecule has 122 valence electrons. The van der Waals surface area contributed by atoms with Crippen LogP contribution in [0.4, 0.5) is 10.1 Å². The van der Waals surface area contributed by atoms with E-state index in [1.54, 1.807) is 18.4 Å². The fourth-order valence-corrected chi connectivity index (χ4v) is 2.81. The molecule has 4 heteroatoms. The van der Waals surface area contributed by atoms with Gasteiger partial charge in [-0.15, -0.1) is 0 Å². The zero-order valence-electron chi connectivity index (χ0n) is 13.3. The number of benzene rings is 2. The number of furan rings is 1. The minimum Gasteiger partial charge on any atom is -0.463 e. The molecule has 0 spiro atoms. The Labute approximate surface area is 144 Å². The van der Waals surface area contributed by atoms with Crippen LogP contribution in [-0.2, 0) is 0 Å². The Bertz CT molecular complexity index is 1010. The van der Waals surface area contributed by atoms with Crippen molar-refractivity contribution >= 4 is 5.69 Å². The highest BCUT2D eigenvalue weighted by atomic mass is 19.1. The second kappa shape index (κ2) is 6.24. The molecule has 2 heterocycles. The van der Waals surface area contributed by atoms with E-state index in [4.69, 9.17) is 10.2 Å². The van der Waals surface area contributed by atoms with E-state index < -0.39 is 0 Å². The van der Waals surface area contributed by atoms with Gasteiger partial charge in [-0.25, -0.2) is 9.37 Å². The van der Waals surface area contributed by atoms with Gasteiger partial charge in [0.1, 0.15) is 11.5 Å². The van der Waals surface area contributed by atoms with E-state index >= 15 is 0 Å². The molecule has 0 fully saturated rings. The number of rotatable bonds is 3. The van der Waals surface area contributed by atoms with Gasteiger partial charge < -0.3 is 10.2 Å². The second-order valence-electron chi connectivity index (χ2n) is 5.67. The van der Waals surface area contributed by atoms with Crippen molar-refractivity contribution in [1.29, 1.82) is 0 Å². The molecule has 2 aromatic heterocycles. The Kier molecular flexibility index (Phi) is 3.78. The van der Waals surface area contributed by atoms with Crippen molar-refractivity contribution in [2.75, 3.05) is 5.73 Å². The van der Waals surface area contributed by atoms with Gasteiger partial charge in [-0.1, -0.05) is 42.5 Å². The number of nitrogens with two attached hydrogens (primary N) is 1. The summed E-state index contributed by atoms with van der Waals surface area (Å²) in [7, 11) is 0. The van der Waals surface area contributed by atoms with Crippen molar-refractivity contribution in [2.45, 2.75) is 0 Å². The Morgan fingerprint density at radius 2 is 1.64 bits per heavy atom. The quantitative estimate of drug-likeness (QED) is 0.547. The number of hydrogen-bond donors (Lipinski definition) is 1. The largest absolute Gasteiger partial charge is 0.463 e. The van der Waals surface area contributed by atoms with Crippen LogP contribution >= 0.6 is 0 Å². The average Bonchev–Trinajstić information content (AvgIpc) is 3.17. The first-order valence-corrected chi connectivity index (χ1v) is 7.88. The van der Waals surface area contributed by atoms with Crippen LogP contribution in [0.25, 0.3) is 33.8 Å². The third-order valence-corrected chi connectivity index (χ3v) is 4.02. The van der Waals surface area contributed by atoms with Crippen molar-refractivity contribution in [1.82, 2.24) is 4.98 Å². The fraction of sp³-hybridized carbons (Fsp3) is 0. The first-order valence-electron chi connectivity index (χ1n) is 7.88. The molecular weight excluding hydrogens is 315 g/mol. The molecule has 4 aromatic rings. The first kappa shape index (κ1) is 15.1. The fourth-order valence-electron chi connectivity index (χ4n) is 2.81. The molecule has 4 rings (SSSR count). The summed E-state index contributed by atoms with van der Waals surface area (Å²) < 4.78 is 19.2. The summed E-state index contributed by atoms with van der Waals surface area (Å²) >= 11 is 0. The number of anilines is 1. The molecule has 0 bridgehead atoms. The number of hydrogen-bond acceptors (Lipinski definition) is 3. The lowest BCUT2D eigenvalue weighted by Gasteiger charge is -2.13. The van der Waals surface area contributed by atoms with Gasteiger partial charge in [0.05, 0.1) is 17.6 Å². The lowest BCUT2D eigenvalue weighted by molar-refractivity contribution is 0.580. The van der Waals surface area contributed by atoms with Crippen LogP contribution in [0, 0.1) is 5.82 Å². The van der Waals surface area contributed by atoms with Gasteiger partial charge in [-0.2, -0.15) is 0 Å². The van der Waals surface area contributed by atoms with Crippen molar-refractivity contribution in [3.8, 4) is 33.8 Å². The van der Waals surface area contributed by atoms with Crippen molar-refractivity contribution < 1.29 is 8.81 Å². The molecule has 2 N–H and O–H groups in total. The maximum absolute atomic E-state index is 13.7. The molecule has 0 amide bonds. The van der Waals surface area contributed by atoms with Crippen LogP contribution in [0.2, 0.25) is 0 Å². The molecule has 0 aliphatic rings. The zero-order valence-corrected chi connectivity index (χ0v) is 13.3. The standard InChI is InChI=1S/C21H15FN2O/c22-16-9-4-8-15(12-16)17-13-18(14-6-2-1-3-7-14)24-21(20(17)23)19-10-5-11-25-19/h1-13H,23H2. The van der Waals surface area contributed by atoms with Crippen LogP contribution in [0.5, 0.6) is 0 Å². The van der Waals surface area contributed by atoms with Crippen LogP contribution in [0.3, 0.4) is 0 Å². The summed E-state index contributed by atoms with van der Waals surface area (Å²) in [6, 6.07) is 21.6. The van der Waals surface area contributed by atoms with E-state index in [0.29, 0.717) is 22.7 Å². The molecule has 0 aliphatic carbocycles. The summed E-state index contributed by atoms with van der Waals surface area (Å²) in [5.41, 5.74) is 10.5. The van der Waals surface area contributed by atoms with Gasteiger partial charge >= 0.3 is 0 Å². The van der Waals surface area contributed by atoms with Crippen molar-refractivity contribution in [2.24, 2.45) is 0 Å². The maximum atomic E-state index is 13.7. The van der Waals surface area contributed by atoms with Gasteiger partial charge in [0.2, 0.25) is 0 Å². The third-order valence-electron chi connectivity index (χ3n) is 4.02. The number of nitrogen functional groups attached to an aromatic ring is 1. The number of aromatic nitrogens is 1. The van der Waals surface area contributed by atoms with Crippen molar-refractivity contribution in [3.63, 3.8) is 0 Å².